The number of nitrogens with zero attached hydrogens (tertiary/aromatic N) is 2. The third kappa shape index (κ3) is 3.09. The van der Waals surface area contributed by atoms with Gasteiger partial charge in [-0.2, -0.15) is 0 Å². The number of carbonyl (C=O) groups is 1. The molecular weight excluding hydrogens is 236 g/mol. The summed E-state index contributed by atoms with van der Waals surface area (Å²) in [4.78, 5) is 15.6. The van der Waals surface area contributed by atoms with Crippen LogP contribution in [0.15, 0.2) is 18.2 Å². The number of piperazine rings is 1. The highest BCUT2D eigenvalue weighted by atomic mass is 16.2. The average molecular weight is 260 g/mol. The molecule has 1 saturated heterocycles. The van der Waals surface area contributed by atoms with Crippen molar-refractivity contribution in [3.8, 4) is 0 Å². The van der Waals surface area contributed by atoms with Crippen LogP contribution in [0.25, 0.3) is 0 Å². The van der Waals surface area contributed by atoms with E-state index in [2.05, 4.69) is 43.9 Å². The molecule has 0 saturated carbocycles. The number of aryl methyl sites for hydroxylation is 1. The van der Waals surface area contributed by atoms with Crippen molar-refractivity contribution < 1.29 is 4.79 Å². The molecule has 0 radical (unpaired) electrons. The Labute approximate surface area is 116 Å². The summed E-state index contributed by atoms with van der Waals surface area (Å²) in [5.41, 5.74) is 4.07. The molecule has 1 aromatic carbocycles. The Bertz CT molecular complexity index is 460. The smallest absolute Gasteiger partial charge is 0.219 e. The Morgan fingerprint density at radius 2 is 1.79 bits per heavy atom. The van der Waals surface area contributed by atoms with Crippen molar-refractivity contribution in [3.63, 3.8) is 0 Å². The zero-order valence-corrected chi connectivity index (χ0v) is 12.4. The summed E-state index contributed by atoms with van der Waals surface area (Å²) in [5, 5.41) is 0. The standard InChI is InChI=1S/C16H24N2O/c1-12(2)16-6-5-15(11-13(16)3)18-9-7-17(8-10-18)14(4)19/h5-6,11-12H,7-10H2,1-4H3. The highest BCUT2D eigenvalue weighted by Crippen LogP contribution is 2.25. The quantitative estimate of drug-likeness (QED) is 0.816. The third-order valence-electron chi connectivity index (χ3n) is 3.97. The van der Waals surface area contributed by atoms with Gasteiger partial charge in [-0.1, -0.05) is 19.9 Å². The van der Waals surface area contributed by atoms with Gasteiger partial charge in [0.15, 0.2) is 0 Å². The number of amides is 1. The molecule has 0 unspecified atom stereocenters. The lowest BCUT2D eigenvalue weighted by atomic mass is 9.97. The van der Waals surface area contributed by atoms with Crippen molar-refractivity contribution in [1.82, 2.24) is 4.90 Å². The monoisotopic (exact) mass is 260 g/mol. The largest absolute Gasteiger partial charge is 0.368 e. The van der Waals surface area contributed by atoms with Crippen molar-refractivity contribution >= 4 is 11.6 Å². The fourth-order valence-electron chi connectivity index (χ4n) is 2.78. The van der Waals surface area contributed by atoms with Crippen molar-refractivity contribution in [2.24, 2.45) is 0 Å². The van der Waals surface area contributed by atoms with Gasteiger partial charge < -0.3 is 9.80 Å². The van der Waals surface area contributed by atoms with Gasteiger partial charge >= 0.3 is 0 Å². The molecule has 104 valence electrons. The number of hydrogen-bond donors (Lipinski definition) is 0. The van der Waals surface area contributed by atoms with Crippen LogP contribution in [0.4, 0.5) is 5.69 Å². The van der Waals surface area contributed by atoms with Gasteiger partial charge in [-0.15, -0.1) is 0 Å². The van der Waals surface area contributed by atoms with Gasteiger partial charge in [0, 0.05) is 38.8 Å². The lowest BCUT2D eigenvalue weighted by Gasteiger charge is -2.36. The SMILES string of the molecule is CC(=O)N1CCN(c2ccc(C(C)C)c(C)c2)CC1. The predicted molar refractivity (Wildman–Crippen MR) is 79.7 cm³/mol. The fourth-order valence-corrected chi connectivity index (χ4v) is 2.78. The Balaban J connectivity index is 2.08. The molecule has 1 aliphatic heterocycles. The van der Waals surface area contributed by atoms with Gasteiger partial charge in [0.2, 0.25) is 5.91 Å². The fraction of sp³-hybridized carbons (Fsp3) is 0.562. The maximum Gasteiger partial charge on any atom is 0.219 e. The lowest BCUT2D eigenvalue weighted by molar-refractivity contribution is -0.129. The Morgan fingerprint density at radius 3 is 2.26 bits per heavy atom. The molecule has 2 rings (SSSR count). The maximum atomic E-state index is 11.3. The van der Waals surface area contributed by atoms with Crippen LogP contribution in [0, 0.1) is 6.92 Å². The van der Waals surface area contributed by atoms with Crippen molar-refractivity contribution in [2.45, 2.75) is 33.6 Å². The first kappa shape index (κ1) is 13.9. The molecule has 3 heteroatoms. The van der Waals surface area contributed by atoms with E-state index in [0.29, 0.717) is 5.92 Å². The van der Waals surface area contributed by atoms with Gasteiger partial charge in [-0.25, -0.2) is 0 Å². The second kappa shape index (κ2) is 5.64. The molecule has 0 aromatic heterocycles. The zero-order valence-electron chi connectivity index (χ0n) is 12.4. The number of anilines is 1. The molecule has 0 bridgehead atoms. The summed E-state index contributed by atoms with van der Waals surface area (Å²) < 4.78 is 0. The molecular formula is C16H24N2O. The van der Waals surface area contributed by atoms with Gasteiger partial charge in [0.25, 0.3) is 0 Å². The van der Waals surface area contributed by atoms with E-state index in [-0.39, 0.29) is 5.91 Å². The number of benzene rings is 1. The van der Waals surface area contributed by atoms with E-state index in [1.54, 1.807) is 6.92 Å². The molecule has 0 atom stereocenters. The first-order chi connectivity index (χ1) is 8.99. The van der Waals surface area contributed by atoms with Crippen LogP contribution in [-0.4, -0.2) is 37.0 Å². The molecule has 0 aliphatic carbocycles. The van der Waals surface area contributed by atoms with Crippen molar-refractivity contribution in [1.29, 1.82) is 0 Å². The first-order valence-electron chi connectivity index (χ1n) is 7.10. The Hall–Kier alpha value is -1.51. The summed E-state index contributed by atoms with van der Waals surface area (Å²) in [6.07, 6.45) is 0. The van der Waals surface area contributed by atoms with E-state index in [9.17, 15) is 4.79 Å². The summed E-state index contributed by atoms with van der Waals surface area (Å²) >= 11 is 0. The molecule has 1 heterocycles. The van der Waals surface area contributed by atoms with Crippen LogP contribution in [-0.2, 0) is 4.79 Å². The third-order valence-corrected chi connectivity index (χ3v) is 3.97. The van der Waals surface area contributed by atoms with Crippen LogP contribution in [0.2, 0.25) is 0 Å². The van der Waals surface area contributed by atoms with Crippen molar-refractivity contribution in [2.75, 3.05) is 31.1 Å². The molecule has 0 spiro atoms. The minimum Gasteiger partial charge on any atom is -0.368 e. The minimum absolute atomic E-state index is 0.186. The van der Waals surface area contributed by atoms with Crippen LogP contribution >= 0.6 is 0 Å². The second-order valence-electron chi connectivity index (χ2n) is 5.69. The molecule has 1 fully saturated rings. The highest BCUT2D eigenvalue weighted by Gasteiger charge is 2.19. The first-order valence-corrected chi connectivity index (χ1v) is 7.10. The summed E-state index contributed by atoms with van der Waals surface area (Å²) in [7, 11) is 0. The lowest BCUT2D eigenvalue weighted by Crippen LogP contribution is -2.48. The minimum atomic E-state index is 0.186. The number of rotatable bonds is 2. The van der Waals surface area contributed by atoms with Crippen LogP contribution in [0.3, 0.4) is 0 Å². The molecule has 3 nitrogen and oxygen atoms in total. The number of hydrogen-bond acceptors (Lipinski definition) is 2. The molecule has 1 aromatic rings. The van der Waals surface area contributed by atoms with Gasteiger partial charge in [0.1, 0.15) is 0 Å². The Kier molecular flexibility index (Phi) is 4.13. The van der Waals surface area contributed by atoms with Crippen LogP contribution < -0.4 is 4.90 Å². The molecule has 1 amide bonds. The second-order valence-corrected chi connectivity index (χ2v) is 5.69. The van der Waals surface area contributed by atoms with Crippen LogP contribution in [0.1, 0.15) is 37.8 Å². The van der Waals surface area contributed by atoms with E-state index in [0.717, 1.165) is 26.2 Å². The predicted octanol–water partition coefficient (Wildman–Crippen LogP) is 2.79. The maximum absolute atomic E-state index is 11.3. The van der Waals surface area contributed by atoms with Gasteiger partial charge in [0.05, 0.1) is 0 Å². The van der Waals surface area contributed by atoms with E-state index in [1.165, 1.54) is 16.8 Å². The summed E-state index contributed by atoms with van der Waals surface area (Å²) in [6.45, 7) is 11.8. The van der Waals surface area contributed by atoms with E-state index >= 15 is 0 Å². The zero-order chi connectivity index (χ0) is 14.0. The van der Waals surface area contributed by atoms with E-state index in [1.807, 2.05) is 4.90 Å². The molecule has 0 N–H and O–H groups in total. The number of carbonyl (C=O) groups excluding carboxylic acids is 1. The normalized spacial score (nSPS) is 16.1. The summed E-state index contributed by atoms with van der Waals surface area (Å²) in [6, 6.07) is 6.73. The topological polar surface area (TPSA) is 23.6 Å². The molecule has 1 aliphatic rings. The highest BCUT2D eigenvalue weighted by molar-refractivity contribution is 5.73. The van der Waals surface area contributed by atoms with E-state index < -0.39 is 0 Å². The van der Waals surface area contributed by atoms with Crippen molar-refractivity contribution in [3.05, 3.63) is 29.3 Å². The summed E-state index contributed by atoms with van der Waals surface area (Å²) in [5.74, 6) is 0.759. The average Bonchev–Trinajstić information content (AvgIpc) is 2.38. The molecule has 19 heavy (non-hydrogen) atoms. The van der Waals surface area contributed by atoms with E-state index in [4.69, 9.17) is 0 Å². The van der Waals surface area contributed by atoms with Gasteiger partial charge in [-0.05, 0) is 36.1 Å². The Morgan fingerprint density at radius 1 is 1.16 bits per heavy atom. The van der Waals surface area contributed by atoms with Crippen LogP contribution in [0.5, 0.6) is 0 Å². The van der Waals surface area contributed by atoms with Gasteiger partial charge in [-0.3, -0.25) is 4.79 Å².